The van der Waals surface area contributed by atoms with Crippen LogP contribution in [-0.2, 0) is 0 Å². The van der Waals surface area contributed by atoms with Gasteiger partial charge in [-0.2, -0.15) is 5.10 Å². The highest BCUT2D eigenvalue weighted by molar-refractivity contribution is 5.75. The molecule has 0 unspecified atom stereocenters. The van der Waals surface area contributed by atoms with Gasteiger partial charge >= 0.3 is 0 Å². The number of hydrogen-bond donors (Lipinski definition) is 0. The summed E-state index contributed by atoms with van der Waals surface area (Å²) in [7, 11) is 3.34. The summed E-state index contributed by atoms with van der Waals surface area (Å²) < 4.78 is 13.0. The average Bonchev–Trinajstić information content (AvgIpc) is 3.19. The zero-order valence-electron chi connectivity index (χ0n) is 16.2. The van der Waals surface area contributed by atoms with Gasteiger partial charge < -0.3 is 9.47 Å². The van der Waals surface area contributed by atoms with Crippen molar-refractivity contribution in [3.8, 4) is 39.7 Å². The van der Waals surface area contributed by atoms with E-state index in [1.54, 1.807) is 14.2 Å². The number of methoxy groups -OCH3 is 2. The summed E-state index contributed by atoms with van der Waals surface area (Å²) in [5.41, 5.74) is 6.06. The first-order valence-electron chi connectivity index (χ1n) is 9.14. The number of ether oxygens (including phenoxy) is 2. The van der Waals surface area contributed by atoms with Crippen LogP contribution in [0, 0.1) is 6.92 Å². The number of para-hydroxylation sites is 1. The molecule has 4 aromatic rings. The molecule has 28 heavy (non-hydrogen) atoms. The van der Waals surface area contributed by atoms with Gasteiger partial charge in [-0.05, 0) is 43.3 Å². The van der Waals surface area contributed by atoms with Gasteiger partial charge in [-0.15, -0.1) is 0 Å². The number of rotatable bonds is 5. The highest BCUT2D eigenvalue weighted by atomic mass is 16.5. The van der Waals surface area contributed by atoms with Crippen LogP contribution in [0.1, 0.15) is 5.56 Å². The molecule has 0 aliphatic rings. The molecule has 0 N–H and O–H groups in total. The summed E-state index contributed by atoms with van der Waals surface area (Å²) in [6.07, 6.45) is 0. The Balaban J connectivity index is 1.94. The monoisotopic (exact) mass is 370 g/mol. The number of hydrogen-bond acceptors (Lipinski definition) is 3. The summed E-state index contributed by atoms with van der Waals surface area (Å²) in [5, 5.41) is 4.91. The van der Waals surface area contributed by atoms with Gasteiger partial charge in [0.05, 0.1) is 31.3 Å². The molecule has 140 valence electrons. The van der Waals surface area contributed by atoms with E-state index in [1.165, 1.54) is 5.56 Å². The molecule has 0 aliphatic carbocycles. The van der Waals surface area contributed by atoms with Crippen LogP contribution in [0.2, 0.25) is 0 Å². The van der Waals surface area contributed by atoms with Crippen LogP contribution in [0.5, 0.6) is 11.5 Å². The van der Waals surface area contributed by atoms with Gasteiger partial charge in [0.15, 0.2) is 0 Å². The maximum atomic E-state index is 5.62. The van der Waals surface area contributed by atoms with E-state index in [0.29, 0.717) is 0 Å². The van der Waals surface area contributed by atoms with E-state index < -0.39 is 0 Å². The minimum absolute atomic E-state index is 0.772. The van der Waals surface area contributed by atoms with Gasteiger partial charge in [-0.25, -0.2) is 4.68 Å². The molecule has 0 atom stereocenters. The fourth-order valence-electron chi connectivity index (χ4n) is 3.22. The molecule has 1 aromatic heterocycles. The standard InChI is InChI=1S/C24H22N2O2/c1-17-9-11-18(12-10-17)22-16-23(26(25-22)19-7-5-4-6-8-19)21-15-20(27-2)13-14-24(21)28-3/h4-16H,1-3H3. The maximum Gasteiger partial charge on any atom is 0.128 e. The lowest BCUT2D eigenvalue weighted by atomic mass is 10.1. The van der Waals surface area contributed by atoms with Crippen LogP contribution in [0.4, 0.5) is 0 Å². The molecule has 0 aliphatic heterocycles. The first-order chi connectivity index (χ1) is 13.7. The first-order valence-corrected chi connectivity index (χ1v) is 9.14. The van der Waals surface area contributed by atoms with Crippen molar-refractivity contribution in [2.45, 2.75) is 6.92 Å². The van der Waals surface area contributed by atoms with E-state index in [2.05, 4.69) is 37.3 Å². The van der Waals surface area contributed by atoms with Crippen molar-refractivity contribution in [2.24, 2.45) is 0 Å². The van der Waals surface area contributed by atoms with Gasteiger partial charge in [0.1, 0.15) is 11.5 Å². The predicted octanol–water partition coefficient (Wildman–Crippen LogP) is 5.53. The Morgan fingerprint density at radius 2 is 1.54 bits per heavy atom. The van der Waals surface area contributed by atoms with E-state index in [9.17, 15) is 0 Å². The fraction of sp³-hybridized carbons (Fsp3) is 0.125. The molecule has 0 bridgehead atoms. The number of aromatic nitrogens is 2. The lowest BCUT2D eigenvalue weighted by Gasteiger charge is -2.12. The summed E-state index contributed by atoms with van der Waals surface area (Å²) in [6.45, 7) is 2.08. The molecule has 1 heterocycles. The van der Waals surface area contributed by atoms with Crippen molar-refractivity contribution < 1.29 is 9.47 Å². The lowest BCUT2D eigenvalue weighted by Crippen LogP contribution is -2.00. The summed E-state index contributed by atoms with van der Waals surface area (Å²) in [5.74, 6) is 1.54. The normalized spacial score (nSPS) is 10.7. The number of aryl methyl sites for hydroxylation is 1. The van der Waals surface area contributed by atoms with Crippen molar-refractivity contribution in [3.63, 3.8) is 0 Å². The zero-order valence-corrected chi connectivity index (χ0v) is 16.2. The minimum Gasteiger partial charge on any atom is -0.497 e. The van der Waals surface area contributed by atoms with Gasteiger partial charge in [-0.3, -0.25) is 0 Å². The minimum atomic E-state index is 0.772. The molecule has 4 heteroatoms. The highest BCUT2D eigenvalue weighted by Crippen LogP contribution is 2.36. The maximum absolute atomic E-state index is 5.62. The summed E-state index contributed by atoms with van der Waals surface area (Å²) in [6, 6.07) is 26.4. The van der Waals surface area contributed by atoms with Crippen LogP contribution >= 0.6 is 0 Å². The zero-order chi connectivity index (χ0) is 19.5. The molecular formula is C24H22N2O2. The van der Waals surface area contributed by atoms with Crippen LogP contribution < -0.4 is 9.47 Å². The average molecular weight is 370 g/mol. The van der Waals surface area contributed by atoms with Crippen molar-refractivity contribution in [3.05, 3.63) is 84.4 Å². The Morgan fingerprint density at radius 3 is 2.21 bits per heavy atom. The van der Waals surface area contributed by atoms with Crippen LogP contribution in [-0.4, -0.2) is 24.0 Å². The van der Waals surface area contributed by atoms with Crippen LogP contribution in [0.3, 0.4) is 0 Å². The van der Waals surface area contributed by atoms with E-state index in [-0.39, 0.29) is 0 Å². The Morgan fingerprint density at radius 1 is 0.786 bits per heavy atom. The molecule has 3 aromatic carbocycles. The third-order valence-electron chi connectivity index (χ3n) is 4.74. The van der Waals surface area contributed by atoms with Crippen molar-refractivity contribution in [1.82, 2.24) is 9.78 Å². The molecular weight excluding hydrogens is 348 g/mol. The van der Waals surface area contributed by atoms with E-state index in [4.69, 9.17) is 14.6 Å². The first kappa shape index (κ1) is 17.9. The Hall–Kier alpha value is -3.53. The molecule has 0 fully saturated rings. The van der Waals surface area contributed by atoms with Crippen molar-refractivity contribution in [1.29, 1.82) is 0 Å². The van der Waals surface area contributed by atoms with Crippen molar-refractivity contribution in [2.75, 3.05) is 14.2 Å². The predicted molar refractivity (Wildman–Crippen MR) is 112 cm³/mol. The SMILES string of the molecule is COc1ccc(OC)c(-c2cc(-c3ccc(C)cc3)nn2-c2ccccc2)c1. The molecule has 0 saturated heterocycles. The summed E-state index contributed by atoms with van der Waals surface area (Å²) in [4.78, 5) is 0. The topological polar surface area (TPSA) is 36.3 Å². The number of benzene rings is 3. The second-order valence-corrected chi connectivity index (χ2v) is 6.59. The smallest absolute Gasteiger partial charge is 0.128 e. The molecule has 4 rings (SSSR count). The third-order valence-corrected chi connectivity index (χ3v) is 4.74. The Kier molecular flexibility index (Phi) is 4.85. The third kappa shape index (κ3) is 3.37. The van der Waals surface area contributed by atoms with Gasteiger partial charge in [-0.1, -0.05) is 48.0 Å². The lowest BCUT2D eigenvalue weighted by molar-refractivity contribution is 0.404. The second-order valence-electron chi connectivity index (χ2n) is 6.59. The number of nitrogens with zero attached hydrogens (tertiary/aromatic N) is 2. The van der Waals surface area contributed by atoms with Crippen LogP contribution in [0.15, 0.2) is 78.9 Å². The summed E-state index contributed by atoms with van der Waals surface area (Å²) >= 11 is 0. The van der Waals surface area contributed by atoms with E-state index in [1.807, 2.05) is 53.2 Å². The quantitative estimate of drug-likeness (QED) is 0.463. The van der Waals surface area contributed by atoms with Crippen molar-refractivity contribution >= 4 is 0 Å². The molecule has 4 nitrogen and oxygen atoms in total. The highest BCUT2D eigenvalue weighted by Gasteiger charge is 2.17. The Bertz CT molecular complexity index is 1080. The van der Waals surface area contributed by atoms with Gasteiger partial charge in [0, 0.05) is 11.1 Å². The van der Waals surface area contributed by atoms with Gasteiger partial charge in [0.25, 0.3) is 0 Å². The van der Waals surface area contributed by atoms with E-state index >= 15 is 0 Å². The molecule has 0 spiro atoms. The Labute approximate surface area is 165 Å². The fourth-order valence-corrected chi connectivity index (χ4v) is 3.22. The van der Waals surface area contributed by atoms with Crippen LogP contribution in [0.25, 0.3) is 28.2 Å². The molecule has 0 amide bonds. The molecule has 0 saturated carbocycles. The second kappa shape index (κ2) is 7.61. The van der Waals surface area contributed by atoms with E-state index in [0.717, 1.165) is 39.7 Å². The largest absolute Gasteiger partial charge is 0.497 e. The van der Waals surface area contributed by atoms with Gasteiger partial charge in [0.2, 0.25) is 0 Å². The molecule has 0 radical (unpaired) electrons.